The fourth-order valence-corrected chi connectivity index (χ4v) is 1.82. The van der Waals surface area contributed by atoms with Crippen molar-refractivity contribution in [3.63, 3.8) is 0 Å². The van der Waals surface area contributed by atoms with Gasteiger partial charge in [0.25, 0.3) is 0 Å². The molecule has 5 heteroatoms. The largest absolute Gasteiger partial charge is 0.363 e. The number of rotatable bonds is 6. The van der Waals surface area contributed by atoms with Gasteiger partial charge in [0, 0.05) is 20.1 Å². The van der Waals surface area contributed by atoms with Gasteiger partial charge in [0.15, 0.2) is 0 Å². The van der Waals surface area contributed by atoms with Gasteiger partial charge in [-0.3, -0.25) is 4.79 Å². The molecule has 19 heavy (non-hydrogen) atoms. The first-order valence-electron chi connectivity index (χ1n) is 6.41. The zero-order valence-electron chi connectivity index (χ0n) is 11.7. The van der Waals surface area contributed by atoms with Crippen LogP contribution in [-0.2, 0) is 11.3 Å². The first-order chi connectivity index (χ1) is 8.95. The molecule has 0 heterocycles. The summed E-state index contributed by atoms with van der Waals surface area (Å²) in [5.41, 5.74) is 6.68. The fourth-order valence-electron chi connectivity index (χ4n) is 1.82. The first kappa shape index (κ1) is 15.4. The quantitative estimate of drug-likeness (QED) is 0.821. The summed E-state index contributed by atoms with van der Waals surface area (Å²) in [5, 5.41) is 2.81. The minimum Gasteiger partial charge on any atom is -0.363 e. The number of hydrogen-bond donors (Lipinski definition) is 2. The van der Waals surface area contributed by atoms with Crippen molar-refractivity contribution in [2.24, 2.45) is 11.7 Å². The zero-order chi connectivity index (χ0) is 14.4. The molecule has 0 saturated heterocycles. The minimum absolute atomic E-state index is 0.112. The second-order valence-electron chi connectivity index (χ2n) is 5.01. The lowest BCUT2D eigenvalue weighted by molar-refractivity contribution is -0.119. The zero-order valence-corrected chi connectivity index (χ0v) is 11.7. The first-order valence-corrected chi connectivity index (χ1v) is 6.41. The Morgan fingerprint density at radius 2 is 2.16 bits per heavy atom. The molecule has 0 bridgehead atoms. The van der Waals surface area contributed by atoms with E-state index in [0.717, 1.165) is 0 Å². The summed E-state index contributed by atoms with van der Waals surface area (Å²) in [6, 6.07) is 4.76. The monoisotopic (exact) mass is 267 g/mol. The van der Waals surface area contributed by atoms with Gasteiger partial charge in [-0.2, -0.15) is 0 Å². The SMILES string of the molecule is CC(C)CNC(=O)CN(C)c1c(F)cccc1CN. The molecule has 1 aromatic rings. The molecule has 0 aliphatic carbocycles. The number of nitrogens with two attached hydrogens (primary N) is 1. The number of carbonyl (C=O) groups excluding carboxylic acids is 1. The van der Waals surface area contributed by atoms with Crippen LogP contribution in [0, 0.1) is 11.7 Å². The third-order valence-corrected chi connectivity index (χ3v) is 2.76. The van der Waals surface area contributed by atoms with Crippen LogP contribution in [0.2, 0.25) is 0 Å². The number of carbonyl (C=O) groups is 1. The standard InChI is InChI=1S/C14H22FN3O/c1-10(2)8-17-13(19)9-18(3)14-11(7-16)5-4-6-12(14)15/h4-6,10H,7-9,16H2,1-3H3,(H,17,19). The van der Waals surface area contributed by atoms with E-state index in [1.807, 2.05) is 13.8 Å². The second-order valence-corrected chi connectivity index (χ2v) is 5.01. The van der Waals surface area contributed by atoms with Crippen molar-refractivity contribution < 1.29 is 9.18 Å². The molecule has 0 aliphatic rings. The third-order valence-electron chi connectivity index (χ3n) is 2.76. The normalized spacial score (nSPS) is 10.6. The van der Waals surface area contributed by atoms with Crippen LogP contribution in [0.15, 0.2) is 18.2 Å². The van der Waals surface area contributed by atoms with Crippen LogP contribution >= 0.6 is 0 Å². The number of benzene rings is 1. The van der Waals surface area contributed by atoms with E-state index < -0.39 is 0 Å². The molecule has 0 atom stereocenters. The Labute approximate surface area is 113 Å². The maximum absolute atomic E-state index is 13.8. The highest BCUT2D eigenvalue weighted by Gasteiger charge is 2.14. The van der Waals surface area contributed by atoms with Gasteiger partial charge in [0.1, 0.15) is 5.82 Å². The van der Waals surface area contributed by atoms with Crippen molar-refractivity contribution in [2.75, 3.05) is 25.0 Å². The van der Waals surface area contributed by atoms with E-state index in [1.54, 1.807) is 24.1 Å². The highest BCUT2D eigenvalue weighted by atomic mass is 19.1. The Hall–Kier alpha value is -1.62. The molecule has 0 spiro atoms. The molecule has 4 nitrogen and oxygen atoms in total. The van der Waals surface area contributed by atoms with E-state index in [2.05, 4.69) is 5.32 Å². The third kappa shape index (κ3) is 4.52. The van der Waals surface area contributed by atoms with E-state index >= 15 is 0 Å². The predicted molar refractivity (Wildman–Crippen MR) is 75.4 cm³/mol. The number of para-hydroxylation sites is 1. The average Bonchev–Trinajstić information content (AvgIpc) is 2.35. The van der Waals surface area contributed by atoms with Gasteiger partial charge in [-0.15, -0.1) is 0 Å². The highest BCUT2D eigenvalue weighted by molar-refractivity contribution is 5.81. The van der Waals surface area contributed by atoms with Crippen molar-refractivity contribution in [3.05, 3.63) is 29.6 Å². The fraction of sp³-hybridized carbons (Fsp3) is 0.500. The van der Waals surface area contributed by atoms with Crippen LogP contribution in [0.4, 0.5) is 10.1 Å². The highest BCUT2D eigenvalue weighted by Crippen LogP contribution is 2.22. The summed E-state index contributed by atoms with van der Waals surface area (Å²) < 4.78 is 13.8. The number of nitrogens with zero attached hydrogens (tertiary/aromatic N) is 1. The lowest BCUT2D eigenvalue weighted by atomic mass is 10.1. The molecule has 3 N–H and O–H groups in total. The van der Waals surface area contributed by atoms with E-state index in [0.29, 0.717) is 23.7 Å². The van der Waals surface area contributed by atoms with E-state index in [9.17, 15) is 9.18 Å². The molecular formula is C14H22FN3O. The Kier molecular flexibility index (Phi) is 5.76. The van der Waals surface area contributed by atoms with Gasteiger partial charge < -0.3 is 16.0 Å². The van der Waals surface area contributed by atoms with Crippen LogP contribution in [0.5, 0.6) is 0 Å². The van der Waals surface area contributed by atoms with E-state index in [1.165, 1.54) is 6.07 Å². The summed E-state index contributed by atoms with van der Waals surface area (Å²) in [6.45, 7) is 5.01. The van der Waals surface area contributed by atoms with Crippen molar-refractivity contribution in [1.82, 2.24) is 5.32 Å². The van der Waals surface area contributed by atoms with Gasteiger partial charge in [0.05, 0.1) is 12.2 Å². The predicted octanol–water partition coefficient (Wildman–Crippen LogP) is 1.49. The number of halogens is 1. The molecule has 0 aromatic heterocycles. The molecule has 1 rings (SSSR count). The molecule has 1 amide bonds. The molecule has 0 saturated carbocycles. The molecule has 1 aromatic carbocycles. The van der Waals surface area contributed by atoms with Gasteiger partial charge in [-0.25, -0.2) is 4.39 Å². The topological polar surface area (TPSA) is 58.4 Å². The smallest absolute Gasteiger partial charge is 0.239 e. The molecule has 0 radical (unpaired) electrons. The Bertz CT molecular complexity index is 435. The number of anilines is 1. The number of likely N-dealkylation sites (N-methyl/N-ethyl adjacent to an activating group) is 1. The summed E-state index contributed by atoms with van der Waals surface area (Å²) in [5.74, 6) is -0.0909. The molecule has 0 fully saturated rings. The Morgan fingerprint density at radius 3 is 2.74 bits per heavy atom. The van der Waals surface area contributed by atoms with Crippen molar-refractivity contribution >= 4 is 11.6 Å². The van der Waals surface area contributed by atoms with Gasteiger partial charge in [-0.05, 0) is 17.5 Å². The van der Waals surface area contributed by atoms with Gasteiger partial charge in [-0.1, -0.05) is 26.0 Å². The Balaban J connectivity index is 2.72. The maximum Gasteiger partial charge on any atom is 0.239 e. The van der Waals surface area contributed by atoms with Crippen LogP contribution in [0.3, 0.4) is 0 Å². The molecule has 106 valence electrons. The average molecular weight is 267 g/mol. The molecule has 0 unspecified atom stereocenters. The maximum atomic E-state index is 13.8. The van der Waals surface area contributed by atoms with E-state index in [4.69, 9.17) is 5.73 Å². The molecule has 0 aliphatic heterocycles. The summed E-state index contributed by atoms with van der Waals surface area (Å²) in [4.78, 5) is 13.3. The van der Waals surface area contributed by atoms with Crippen molar-refractivity contribution in [3.8, 4) is 0 Å². The summed E-state index contributed by atoms with van der Waals surface area (Å²) >= 11 is 0. The molecular weight excluding hydrogens is 245 g/mol. The Morgan fingerprint density at radius 1 is 1.47 bits per heavy atom. The van der Waals surface area contributed by atoms with Crippen LogP contribution in [-0.4, -0.2) is 26.0 Å². The van der Waals surface area contributed by atoms with Crippen molar-refractivity contribution in [1.29, 1.82) is 0 Å². The second kappa shape index (κ2) is 7.09. The minimum atomic E-state index is -0.359. The number of amides is 1. The van der Waals surface area contributed by atoms with Crippen LogP contribution in [0.25, 0.3) is 0 Å². The lowest BCUT2D eigenvalue weighted by Crippen LogP contribution is -2.37. The van der Waals surface area contributed by atoms with Gasteiger partial charge in [0.2, 0.25) is 5.91 Å². The summed E-state index contributed by atoms with van der Waals surface area (Å²) in [6.07, 6.45) is 0. The van der Waals surface area contributed by atoms with E-state index in [-0.39, 0.29) is 24.8 Å². The summed E-state index contributed by atoms with van der Waals surface area (Å²) in [7, 11) is 1.69. The van der Waals surface area contributed by atoms with Crippen LogP contribution < -0.4 is 16.0 Å². The number of hydrogen-bond acceptors (Lipinski definition) is 3. The lowest BCUT2D eigenvalue weighted by Gasteiger charge is -2.22. The number of nitrogens with one attached hydrogen (secondary N) is 1. The van der Waals surface area contributed by atoms with Crippen molar-refractivity contribution in [2.45, 2.75) is 20.4 Å². The van der Waals surface area contributed by atoms with Crippen LogP contribution in [0.1, 0.15) is 19.4 Å². The van der Waals surface area contributed by atoms with Gasteiger partial charge >= 0.3 is 0 Å².